The van der Waals surface area contributed by atoms with Crippen LogP contribution < -0.4 is 10.6 Å². The first-order chi connectivity index (χ1) is 11.3. The molecule has 2 rings (SSSR count). The Hall–Kier alpha value is -2.46. The van der Waals surface area contributed by atoms with Crippen molar-refractivity contribution in [2.24, 2.45) is 7.05 Å². The number of hydrogen-bond donors (Lipinski definition) is 2. The van der Waals surface area contributed by atoms with Gasteiger partial charge in [-0.25, -0.2) is 17.5 Å². The van der Waals surface area contributed by atoms with Crippen LogP contribution in [0.4, 0.5) is 10.6 Å². The zero-order chi connectivity index (χ0) is 17.7. The van der Waals surface area contributed by atoms with Crippen LogP contribution in [-0.4, -0.2) is 59.9 Å². The highest BCUT2D eigenvalue weighted by atomic mass is 32.2. The molecule has 0 atom stereocenters. The van der Waals surface area contributed by atoms with Crippen LogP contribution in [0.5, 0.6) is 0 Å². The molecule has 2 aromatic rings. The Labute approximate surface area is 140 Å². The van der Waals surface area contributed by atoms with E-state index in [1.807, 2.05) is 12.1 Å². The Kier molecular flexibility index (Phi) is 5.52. The zero-order valence-electron chi connectivity index (χ0n) is 13.7. The molecule has 2 amide bonds. The second-order valence-corrected chi connectivity index (χ2v) is 7.33. The Bertz CT molecular complexity index is 803. The molecular formula is C14H20N6O3S. The van der Waals surface area contributed by atoms with Gasteiger partial charge in [-0.1, -0.05) is 0 Å². The molecule has 130 valence electrons. The highest BCUT2D eigenvalue weighted by Crippen LogP contribution is 2.19. The number of carbonyl (C=O) groups is 1. The van der Waals surface area contributed by atoms with Crippen molar-refractivity contribution in [3.8, 4) is 11.3 Å². The highest BCUT2D eigenvalue weighted by molar-refractivity contribution is 7.88. The summed E-state index contributed by atoms with van der Waals surface area (Å²) in [4.78, 5) is 15.9. The number of amides is 2. The van der Waals surface area contributed by atoms with Gasteiger partial charge < -0.3 is 5.32 Å². The van der Waals surface area contributed by atoms with Gasteiger partial charge in [-0.05, 0) is 12.1 Å². The second kappa shape index (κ2) is 7.41. The fourth-order valence-electron chi connectivity index (χ4n) is 1.89. The van der Waals surface area contributed by atoms with Gasteiger partial charge in [0.25, 0.3) is 0 Å². The van der Waals surface area contributed by atoms with E-state index in [1.165, 1.54) is 7.05 Å². The normalized spacial score (nSPS) is 11.5. The van der Waals surface area contributed by atoms with Crippen molar-refractivity contribution in [3.05, 3.63) is 30.6 Å². The molecule has 0 fully saturated rings. The molecule has 2 aromatic heterocycles. The van der Waals surface area contributed by atoms with E-state index in [0.29, 0.717) is 11.5 Å². The predicted octanol–water partition coefficient (Wildman–Crippen LogP) is 0.495. The van der Waals surface area contributed by atoms with Crippen LogP contribution in [0, 0.1) is 0 Å². The molecule has 0 saturated carbocycles. The van der Waals surface area contributed by atoms with Gasteiger partial charge in [0.1, 0.15) is 5.82 Å². The lowest BCUT2D eigenvalue weighted by atomic mass is 10.2. The number of likely N-dealkylation sites (N-methyl/N-ethyl adjacent to an activating group) is 1. The van der Waals surface area contributed by atoms with E-state index in [1.54, 1.807) is 30.2 Å². The van der Waals surface area contributed by atoms with Gasteiger partial charge >= 0.3 is 6.03 Å². The van der Waals surface area contributed by atoms with Crippen molar-refractivity contribution in [2.75, 3.05) is 31.7 Å². The fraction of sp³-hybridized carbons (Fsp3) is 0.357. The van der Waals surface area contributed by atoms with E-state index in [2.05, 4.69) is 20.7 Å². The minimum absolute atomic E-state index is 0.193. The average molecular weight is 352 g/mol. The molecule has 2 heterocycles. The molecule has 0 bridgehead atoms. The summed E-state index contributed by atoms with van der Waals surface area (Å²) < 4.78 is 25.2. The topological polar surface area (TPSA) is 109 Å². The lowest BCUT2D eigenvalue weighted by molar-refractivity contribution is 0.251. The molecule has 9 nitrogen and oxygen atoms in total. The third-order valence-electron chi connectivity index (χ3n) is 3.36. The van der Waals surface area contributed by atoms with Gasteiger partial charge in [0, 0.05) is 51.2 Å². The Morgan fingerprint density at radius 3 is 2.79 bits per heavy atom. The number of carbonyl (C=O) groups excluding carboxylic acids is 1. The summed E-state index contributed by atoms with van der Waals surface area (Å²) in [5, 5.41) is 9.60. The van der Waals surface area contributed by atoms with E-state index in [0.717, 1.165) is 16.1 Å². The van der Waals surface area contributed by atoms with Crippen LogP contribution in [-0.2, 0) is 17.1 Å². The molecule has 10 heteroatoms. The van der Waals surface area contributed by atoms with Gasteiger partial charge in [0.2, 0.25) is 10.0 Å². The van der Waals surface area contributed by atoms with Crippen molar-refractivity contribution in [1.29, 1.82) is 0 Å². The molecule has 0 saturated heterocycles. The quantitative estimate of drug-likeness (QED) is 0.786. The number of aromatic nitrogens is 3. The van der Waals surface area contributed by atoms with E-state index < -0.39 is 16.1 Å². The van der Waals surface area contributed by atoms with E-state index >= 15 is 0 Å². The Morgan fingerprint density at radius 1 is 1.42 bits per heavy atom. The second-order valence-electron chi connectivity index (χ2n) is 5.25. The van der Waals surface area contributed by atoms with Crippen LogP contribution in [0.15, 0.2) is 30.6 Å². The van der Waals surface area contributed by atoms with Crippen LogP contribution in [0.2, 0.25) is 0 Å². The summed E-state index contributed by atoms with van der Waals surface area (Å²) in [5.41, 5.74) is 1.54. The number of nitrogens with zero attached hydrogens (tertiary/aromatic N) is 4. The number of rotatable bonds is 6. The van der Waals surface area contributed by atoms with Gasteiger partial charge in [0.15, 0.2) is 0 Å². The average Bonchev–Trinajstić information content (AvgIpc) is 2.88. The molecule has 0 aliphatic heterocycles. The van der Waals surface area contributed by atoms with Crippen molar-refractivity contribution < 1.29 is 13.2 Å². The number of anilines is 1. The molecule has 0 aliphatic carbocycles. The van der Waals surface area contributed by atoms with Gasteiger partial charge in [-0.2, -0.15) is 5.10 Å². The fourth-order valence-corrected chi connectivity index (χ4v) is 2.32. The third-order valence-corrected chi connectivity index (χ3v) is 4.67. The van der Waals surface area contributed by atoms with Crippen molar-refractivity contribution >= 4 is 21.9 Å². The maximum atomic E-state index is 11.9. The first-order valence-corrected chi connectivity index (χ1v) is 9.03. The van der Waals surface area contributed by atoms with Crippen molar-refractivity contribution in [2.45, 2.75) is 0 Å². The largest absolute Gasteiger partial charge is 0.337 e. The van der Waals surface area contributed by atoms with Crippen molar-refractivity contribution in [3.63, 3.8) is 0 Å². The maximum Gasteiger partial charge on any atom is 0.320 e. The summed E-state index contributed by atoms with van der Waals surface area (Å²) in [6.45, 7) is 0.390. The highest BCUT2D eigenvalue weighted by Gasteiger charge is 2.12. The van der Waals surface area contributed by atoms with Crippen molar-refractivity contribution in [1.82, 2.24) is 24.4 Å². The predicted molar refractivity (Wildman–Crippen MR) is 90.9 cm³/mol. The summed E-state index contributed by atoms with van der Waals surface area (Å²) in [6, 6.07) is 4.99. The Morgan fingerprint density at radius 2 is 2.17 bits per heavy atom. The minimum atomic E-state index is -3.25. The summed E-state index contributed by atoms with van der Waals surface area (Å²) in [5.74, 6) is 0.517. The van der Waals surface area contributed by atoms with Crippen LogP contribution in [0.1, 0.15) is 0 Å². The van der Waals surface area contributed by atoms with E-state index in [9.17, 15) is 13.2 Å². The molecule has 24 heavy (non-hydrogen) atoms. The third kappa shape index (κ3) is 4.77. The lowest BCUT2D eigenvalue weighted by Gasteiger charge is -2.14. The summed E-state index contributed by atoms with van der Waals surface area (Å²) in [7, 11) is -0.0823. The first kappa shape index (κ1) is 17.9. The van der Waals surface area contributed by atoms with Gasteiger partial charge in [0.05, 0.1) is 11.9 Å². The molecule has 0 radical (unpaired) electrons. The molecule has 0 spiro atoms. The number of hydrogen-bond acceptors (Lipinski definition) is 5. The summed E-state index contributed by atoms with van der Waals surface area (Å²) >= 11 is 0. The molecule has 0 aliphatic rings. The number of aryl methyl sites for hydroxylation is 1. The standard InChI is InChI=1S/C14H20N6O3S/c1-19(24(3,22)23)8-7-16-14(21)17-13-9-12(18-20(13)2)11-5-4-6-15-10-11/h4-6,9-10H,7-8H2,1-3H3,(H2,16,17,21). The molecule has 0 aromatic carbocycles. The maximum absolute atomic E-state index is 11.9. The minimum Gasteiger partial charge on any atom is -0.337 e. The van der Waals surface area contributed by atoms with Crippen LogP contribution in [0.3, 0.4) is 0 Å². The Balaban J connectivity index is 1.92. The SMILES string of the molecule is CN(CCNC(=O)Nc1cc(-c2cccnc2)nn1C)S(C)(=O)=O. The van der Waals surface area contributed by atoms with E-state index in [-0.39, 0.29) is 13.1 Å². The van der Waals surface area contributed by atoms with Gasteiger partial charge in [-0.15, -0.1) is 0 Å². The molecule has 0 unspecified atom stereocenters. The number of pyridine rings is 1. The first-order valence-electron chi connectivity index (χ1n) is 7.18. The lowest BCUT2D eigenvalue weighted by Crippen LogP contribution is -2.37. The van der Waals surface area contributed by atoms with Crippen LogP contribution >= 0.6 is 0 Å². The molecular weight excluding hydrogens is 332 g/mol. The van der Waals surface area contributed by atoms with Gasteiger partial charge in [-0.3, -0.25) is 15.0 Å². The summed E-state index contributed by atoms with van der Waals surface area (Å²) in [6.07, 6.45) is 4.47. The zero-order valence-corrected chi connectivity index (χ0v) is 14.5. The molecule has 2 N–H and O–H groups in total. The van der Waals surface area contributed by atoms with E-state index in [4.69, 9.17) is 0 Å². The monoisotopic (exact) mass is 352 g/mol. The van der Waals surface area contributed by atoms with Crippen LogP contribution in [0.25, 0.3) is 11.3 Å². The number of sulfonamides is 1. The smallest absolute Gasteiger partial charge is 0.320 e. The number of urea groups is 1. The number of nitrogens with one attached hydrogen (secondary N) is 2.